The molecular formula is C21H28Cl2GeZr-2. The summed E-state index contributed by atoms with van der Waals surface area (Å²) < 4.78 is 0. The van der Waals surface area contributed by atoms with E-state index in [-0.39, 0.29) is 0 Å². The van der Waals surface area contributed by atoms with Crippen LogP contribution in [0.1, 0.15) is 27.8 Å². The molecule has 0 spiro atoms. The molecule has 0 fully saturated rings. The molecule has 0 unspecified atom stereocenters. The number of aryl methyl sites for hydroxylation is 5. The van der Waals surface area contributed by atoms with Crippen LogP contribution in [0.3, 0.4) is 0 Å². The quantitative estimate of drug-likeness (QED) is 0.213. The molecule has 0 bridgehead atoms. The van der Waals surface area contributed by atoms with Crippen LogP contribution in [0.15, 0.2) is 42.5 Å². The van der Waals surface area contributed by atoms with Crippen molar-refractivity contribution in [3.63, 3.8) is 0 Å². The van der Waals surface area contributed by atoms with Crippen molar-refractivity contribution < 1.29 is 16.2 Å². The van der Waals surface area contributed by atoms with Gasteiger partial charge in [0.25, 0.3) is 0 Å². The molecule has 0 radical (unpaired) electrons. The molecule has 0 aliphatic rings. The molecule has 3 rings (SSSR count). The van der Waals surface area contributed by atoms with Crippen LogP contribution in [0, 0.1) is 34.6 Å². The van der Waals surface area contributed by atoms with Crippen molar-refractivity contribution in [2.24, 2.45) is 0 Å². The summed E-state index contributed by atoms with van der Waals surface area (Å²) in [6, 6.07) is 15.2. The van der Waals surface area contributed by atoms with Crippen molar-refractivity contribution in [3.8, 4) is 0 Å². The van der Waals surface area contributed by atoms with E-state index in [1.807, 2.05) is 0 Å². The molecule has 0 nitrogen and oxygen atoms in total. The standard InChI is InChI=1S/C11H11.C8H11.C2H6Ge.2ClH.Zr/c1-8-7-10-5-3-4-6-11(10)9(8)2;1-6-4-7(2)8(3)5-6;1-3-2;;;/h3-7H,1-2H3;4-5H,1-3H3;1-2H3;2*1H;/q2*-1;;;;+2/p-2. The van der Waals surface area contributed by atoms with Gasteiger partial charge in [-0.2, -0.15) is 28.3 Å². The van der Waals surface area contributed by atoms with Crippen LogP contribution in [0.2, 0.25) is 11.5 Å². The number of rotatable bonds is 0. The van der Waals surface area contributed by atoms with E-state index in [0.717, 1.165) is 0 Å². The first-order valence-corrected chi connectivity index (χ1v) is 26.4. The summed E-state index contributed by atoms with van der Waals surface area (Å²) in [6.07, 6.45) is 0. The second-order valence-corrected chi connectivity index (χ2v) is 44.6. The molecule has 3 aromatic carbocycles. The Morgan fingerprint density at radius 1 is 0.880 bits per heavy atom. The first kappa shape index (κ1) is 23.2. The third kappa shape index (κ3) is 7.75. The summed E-state index contributed by atoms with van der Waals surface area (Å²) in [5.41, 5.74) is 7.00. The Hall–Kier alpha value is 0.186. The van der Waals surface area contributed by atoms with E-state index >= 15 is 0 Å². The van der Waals surface area contributed by atoms with Gasteiger partial charge < -0.3 is 0 Å². The van der Waals surface area contributed by atoms with Crippen LogP contribution in [-0.2, 0) is 16.2 Å². The fourth-order valence-electron chi connectivity index (χ4n) is 2.47. The minimum atomic E-state index is -1.59. The minimum absolute atomic E-state index is 0.735. The van der Waals surface area contributed by atoms with Gasteiger partial charge >= 0.3 is 54.8 Å². The number of hydrogen-bond donors (Lipinski definition) is 0. The topological polar surface area (TPSA) is 0 Å². The van der Waals surface area contributed by atoms with Gasteiger partial charge in [0, 0.05) is 0 Å². The molecule has 4 heteroatoms. The molecular weight excluding hydrogens is 487 g/mol. The summed E-state index contributed by atoms with van der Waals surface area (Å²) in [5, 5.41) is 2.76. The van der Waals surface area contributed by atoms with Gasteiger partial charge in [-0.05, 0) is 0 Å². The average Bonchev–Trinajstić information content (AvgIpc) is 2.99. The molecule has 0 heterocycles. The monoisotopic (exact) mass is 514 g/mol. The van der Waals surface area contributed by atoms with Crippen LogP contribution in [-0.4, -0.2) is 9.98 Å². The van der Waals surface area contributed by atoms with Gasteiger partial charge in [-0.25, -0.2) is 6.07 Å². The van der Waals surface area contributed by atoms with E-state index in [4.69, 9.17) is 17.0 Å². The Bertz CT molecular complexity index is 819. The maximum atomic E-state index is 5.65. The summed E-state index contributed by atoms with van der Waals surface area (Å²) in [7, 11) is 10.6. The predicted octanol–water partition coefficient (Wildman–Crippen LogP) is 7.67. The van der Waals surface area contributed by atoms with Crippen molar-refractivity contribution >= 4 is 37.8 Å². The Kier molecular flexibility index (Phi) is 10.3. The fraction of sp³-hybridized carbons (Fsp3) is 0.333. The Morgan fingerprint density at radius 2 is 1.44 bits per heavy atom. The fourth-order valence-corrected chi connectivity index (χ4v) is 2.47. The molecule has 136 valence electrons. The molecule has 0 aromatic heterocycles. The summed E-state index contributed by atoms with van der Waals surface area (Å²) in [5.74, 6) is 4.46. The van der Waals surface area contributed by atoms with Gasteiger partial charge in [0.15, 0.2) is 0 Å². The van der Waals surface area contributed by atoms with E-state index in [0.29, 0.717) is 0 Å². The van der Waals surface area contributed by atoms with Crippen molar-refractivity contribution in [1.82, 2.24) is 0 Å². The molecule has 25 heavy (non-hydrogen) atoms. The number of hydrogen-bond acceptors (Lipinski definition) is 0. The molecule has 3 aromatic rings. The first-order valence-electron chi connectivity index (χ1n) is 8.44. The Labute approximate surface area is 169 Å². The van der Waals surface area contributed by atoms with Crippen LogP contribution in [0.4, 0.5) is 0 Å². The van der Waals surface area contributed by atoms with Gasteiger partial charge in [0.1, 0.15) is 0 Å². The van der Waals surface area contributed by atoms with Crippen molar-refractivity contribution in [2.45, 2.75) is 46.1 Å². The SMILES string of the molecule is Cc1[cH-]c2ccccc2c1C.Cc1cc(C)c(C)[cH-]1.[CH3][Ge]([CH3])=[Zr]([Cl])[Cl]. The maximum absolute atomic E-state index is 5.65. The second-order valence-electron chi connectivity index (χ2n) is 6.70. The Morgan fingerprint density at radius 3 is 1.80 bits per heavy atom. The molecule has 0 amide bonds. The zero-order valence-electron chi connectivity index (χ0n) is 16.3. The zero-order chi connectivity index (χ0) is 19.1. The van der Waals surface area contributed by atoms with E-state index in [1.165, 1.54) is 38.6 Å². The summed E-state index contributed by atoms with van der Waals surface area (Å²) >= 11 is -1.59. The summed E-state index contributed by atoms with van der Waals surface area (Å²) in [6.45, 7) is 10.7. The van der Waals surface area contributed by atoms with Crippen molar-refractivity contribution in [2.75, 3.05) is 0 Å². The Balaban J connectivity index is 0.000000199. The van der Waals surface area contributed by atoms with Gasteiger partial charge in [-0.1, -0.05) is 40.7 Å². The molecule has 0 N–H and O–H groups in total. The zero-order valence-corrected chi connectivity index (χ0v) is 22.4. The van der Waals surface area contributed by atoms with E-state index in [9.17, 15) is 0 Å². The molecule has 0 saturated heterocycles. The van der Waals surface area contributed by atoms with Crippen LogP contribution in [0.5, 0.6) is 0 Å². The molecule has 0 atom stereocenters. The van der Waals surface area contributed by atoms with E-state index in [1.54, 1.807) is 0 Å². The van der Waals surface area contributed by atoms with Crippen molar-refractivity contribution in [3.05, 3.63) is 70.3 Å². The second kappa shape index (κ2) is 11.1. The van der Waals surface area contributed by atoms with Gasteiger partial charge in [0.2, 0.25) is 0 Å². The number of benzene rings is 1. The number of fused-ring (bicyclic) bond motifs is 1. The van der Waals surface area contributed by atoms with E-state index < -0.39 is 26.2 Å². The normalized spacial score (nSPS) is 9.80. The average molecular weight is 515 g/mol. The molecule has 0 saturated carbocycles. The van der Waals surface area contributed by atoms with Gasteiger partial charge in [-0.3, -0.25) is 0 Å². The van der Waals surface area contributed by atoms with Gasteiger partial charge in [-0.15, -0.1) is 40.6 Å². The predicted molar refractivity (Wildman–Crippen MR) is 114 cm³/mol. The third-order valence-electron chi connectivity index (χ3n) is 4.22. The molecule has 0 aliphatic carbocycles. The van der Waals surface area contributed by atoms with E-state index in [2.05, 4.69) is 88.6 Å². The first-order chi connectivity index (χ1) is 11.6. The molecule has 0 aliphatic heterocycles. The number of halogens is 2. The summed E-state index contributed by atoms with van der Waals surface area (Å²) in [4.78, 5) is 0. The third-order valence-corrected chi connectivity index (χ3v) is 38.7. The van der Waals surface area contributed by atoms with Gasteiger partial charge in [0.05, 0.1) is 0 Å². The van der Waals surface area contributed by atoms with Crippen LogP contribution in [0.25, 0.3) is 10.8 Å². The van der Waals surface area contributed by atoms with Crippen LogP contribution >= 0.6 is 17.0 Å². The van der Waals surface area contributed by atoms with Crippen molar-refractivity contribution in [1.29, 1.82) is 0 Å². The van der Waals surface area contributed by atoms with Crippen LogP contribution < -0.4 is 0 Å².